The van der Waals surface area contributed by atoms with E-state index in [-0.39, 0.29) is 10.7 Å². The van der Waals surface area contributed by atoms with Gasteiger partial charge in [0.15, 0.2) is 0 Å². The number of carbonyl (C=O) groups is 3. The lowest BCUT2D eigenvalue weighted by Gasteiger charge is -2.15. The van der Waals surface area contributed by atoms with Gasteiger partial charge in [0, 0.05) is 5.69 Å². The summed E-state index contributed by atoms with van der Waals surface area (Å²) in [5.41, 5.74) is 1.16. The minimum absolute atomic E-state index is 0.0205. The van der Waals surface area contributed by atoms with Crippen LogP contribution in [0, 0.1) is 0 Å². The second-order valence-electron chi connectivity index (χ2n) is 5.76. The summed E-state index contributed by atoms with van der Waals surface area (Å²) >= 11 is 6.11. The molecule has 28 heavy (non-hydrogen) atoms. The third-order valence-corrected chi connectivity index (χ3v) is 4.36. The van der Waals surface area contributed by atoms with Crippen molar-refractivity contribution in [3.05, 3.63) is 64.8 Å². The van der Waals surface area contributed by atoms with Gasteiger partial charge in [0.2, 0.25) is 0 Å². The number of esters is 1. The van der Waals surface area contributed by atoms with Crippen LogP contribution in [0.15, 0.2) is 59.3 Å². The predicted molar refractivity (Wildman–Crippen MR) is 104 cm³/mol. The molecule has 1 heterocycles. The Morgan fingerprint density at radius 3 is 2.25 bits per heavy atom. The van der Waals surface area contributed by atoms with Gasteiger partial charge in [-0.1, -0.05) is 11.6 Å². The highest BCUT2D eigenvalue weighted by molar-refractivity contribution is 6.53. The minimum Gasteiger partial charge on any atom is -0.494 e. The fraction of sp³-hybridized carbons (Fsp3) is 0.150. The summed E-state index contributed by atoms with van der Waals surface area (Å²) in [6.45, 7) is 2.42. The molecule has 1 aliphatic heterocycles. The Morgan fingerprint density at radius 1 is 1.04 bits per heavy atom. The van der Waals surface area contributed by atoms with Crippen LogP contribution in [0.5, 0.6) is 5.75 Å². The van der Waals surface area contributed by atoms with Crippen molar-refractivity contribution in [3.63, 3.8) is 0 Å². The first-order chi connectivity index (χ1) is 13.5. The van der Waals surface area contributed by atoms with Crippen molar-refractivity contribution in [1.82, 2.24) is 0 Å². The van der Waals surface area contributed by atoms with Crippen LogP contribution in [0.25, 0.3) is 0 Å². The molecule has 144 valence electrons. The lowest BCUT2D eigenvalue weighted by Crippen LogP contribution is -2.32. The van der Waals surface area contributed by atoms with Crippen molar-refractivity contribution in [2.45, 2.75) is 6.92 Å². The number of hydrogen-bond acceptors (Lipinski definition) is 6. The highest BCUT2D eigenvalue weighted by atomic mass is 35.5. The molecule has 0 aromatic heterocycles. The number of methoxy groups -OCH3 is 1. The maximum absolute atomic E-state index is 12.8. The average molecular weight is 401 g/mol. The normalized spacial score (nSPS) is 13.8. The molecule has 0 spiro atoms. The fourth-order valence-corrected chi connectivity index (χ4v) is 2.87. The molecule has 1 N–H and O–H groups in total. The lowest BCUT2D eigenvalue weighted by molar-refractivity contribution is -0.120. The SMILES string of the molecule is CCOc1ccc(NC2=C(Cl)C(=O)N(c3ccc(C(=O)OC)cc3)C2=O)cc1. The number of carbonyl (C=O) groups excluding carboxylic acids is 3. The number of nitrogens with zero attached hydrogens (tertiary/aromatic N) is 1. The average Bonchev–Trinajstić information content (AvgIpc) is 2.92. The van der Waals surface area contributed by atoms with E-state index in [1.165, 1.54) is 31.4 Å². The van der Waals surface area contributed by atoms with Crippen LogP contribution in [0.2, 0.25) is 0 Å². The second kappa shape index (κ2) is 8.14. The van der Waals surface area contributed by atoms with Crippen LogP contribution in [-0.2, 0) is 14.3 Å². The Balaban J connectivity index is 1.80. The summed E-state index contributed by atoms with van der Waals surface area (Å²) in [5, 5.41) is 2.67. The summed E-state index contributed by atoms with van der Waals surface area (Å²) in [6.07, 6.45) is 0. The van der Waals surface area contributed by atoms with Gasteiger partial charge in [0.05, 0.1) is 25.0 Å². The largest absolute Gasteiger partial charge is 0.494 e. The highest BCUT2D eigenvalue weighted by Gasteiger charge is 2.39. The lowest BCUT2D eigenvalue weighted by atomic mass is 10.2. The molecule has 0 bridgehead atoms. The Bertz CT molecular complexity index is 952. The molecule has 0 saturated carbocycles. The summed E-state index contributed by atoms with van der Waals surface area (Å²) in [4.78, 5) is 37.7. The van der Waals surface area contributed by atoms with E-state index in [1.54, 1.807) is 24.3 Å². The highest BCUT2D eigenvalue weighted by Crippen LogP contribution is 2.30. The summed E-state index contributed by atoms with van der Waals surface area (Å²) < 4.78 is 10.0. The van der Waals surface area contributed by atoms with Gasteiger partial charge in [-0.2, -0.15) is 0 Å². The number of nitrogens with one attached hydrogen (secondary N) is 1. The van der Waals surface area contributed by atoms with Gasteiger partial charge in [-0.05, 0) is 55.5 Å². The van der Waals surface area contributed by atoms with Gasteiger partial charge in [-0.25, -0.2) is 9.69 Å². The maximum Gasteiger partial charge on any atom is 0.337 e. The van der Waals surface area contributed by atoms with Crippen LogP contribution in [-0.4, -0.2) is 31.5 Å². The zero-order valence-corrected chi connectivity index (χ0v) is 15.9. The zero-order valence-electron chi connectivity index (χ0n) is 15.2. The molecule has 1 aliphatic rings. The quantitative estimate of drug-likeness (QED) is 0.591. The molecule has 7 nitrogen and oxygen atoms in total. The first-order valence-electron chi connectivity index (χ1n) is 8.43. The molecular formula is C20H17ClN2O5. The molecule has 2 amide bonds. The van der Waals surface area contributed by atoms with E-state index in [4.69, 9.17) is 16.3 Å². The van der Waals surface area contributed by atoms with Gasteiger partial charge in [-0.15, -0.1) is 0 Å². The summed E-state index contributed by atoms with van der Waals surface area (Å²) in [6, 6.07) is 12.8. The van der Waals surface area contributed by atoms with Gasteiger partial charge in [0.1, 0.15) is 16.5 Å². The van der Waals surface area contributed by atoms with Gasteiger partial charge in [0.25, 0.3) is 11.8 Å². The molecule has 0 unspecified atom stereocenters. The Kier molecular flexibility index (Phi) is 5.65. The van der Waals surface area contributed by atoms with E-state index in [0.29, 0.717) is 29.3 Å². The van der Waals surface area contributed by atoms with Crippen molar-refractivity contribution in [1.29, 1.82) is 0 Å². The molecule has 0 atom stereocenters. The number of anilines is 2. The van der Waals surface area contributed by atoms with E-state index in [2.05, 4.69) is 10.1 Å². The van der Waals surface area contributed by atoms with Gasteiger partial charge < -0.3 is 14.8 Å². The molecule has 2 aromatic carbocycles. The number of halogens is 1. The molecule has 3 rings (SSSR count). The van der Waals surface area contributed by atoms with Crippen molar-refractivity contribution in [2.75, 3.05) is 23.9 Å². The number of amides is 2. The summed E-state index contributed by atoms with van der Waals surface area (Å²) in [7, 11) is 1.27. The summed E-state index contributed by atoms with van der Waals surface area (Å²) in [5.74, 6) is -1.06. The second-order valence-corrected chi connectivity index (χ2v) is 6.13. The number of hydrogen-bond donors (Lipinski definition) is 1. The van der Waals surface area contributed by atoms with E-state index in [0.717, 1.165) is 4.90 Å². The third kappa shape index (κ3) is 3.70. The standard InChI is InChI=1S/C20H17ClN2O5/c1-3-28-15-10-6-13(7-11-15)22-17-16(21)18(24)23(19(17)25)14-8-4-12(5-9-14)20(26)27-2/h4-11,22H,3H2,1-2H3. The first kappa shape index (κ1) is 19.4. The Hall–Kier alpha value is -3.32. The zero-order chi connectivity index (χ0) is 20.3. The predicted octanol–water partition coefficient (Wildman–Crippen LogP) is 3.31. The number of imide groups is 1. The van der Waals surface area contributed by atoms with E-state index >= 15 is 0 Å². The Morgan fingerprint density at radius 2 is 1.68 bits per heavy atom. The molecule has 8 heteroatoms. The minimum atomic E-state index is -0.647. The van der Waals surface area contributed by atoms with Crippen LogP contribution >= 0.6 is 11.6 Å². The molecular weight excluding hydrogens is 384 g/mol. The smallest absolute Gasteiger partial charge is 0.337 e. The van der Waals surface area contributed by atoms with E-state index in [9.17, 15) is 14.4 Å². The molecule has 0 saturated heterocycles. The van der Waals surface area contributed by atoms with Crippen LogP contribution in [0.4, 0.5) is 11.4 Å². The molecule has 0 fully saturated rings. The van der Waals surface area contributed by atoms with E-state index < -0.39 is 17.8 Å². The van der Waals surface area contributed by atoms with Crippen molar-refractivity contribution in [3.8, 4) is 5.75 Å². The van der Waals surface area contributed by atoms with Crippen LogP contribution < -0.4 is 15.0 Å². The fourth-order valence-electron chi connectivity index (χ4n) is 2.66. The maximum atomic E-state index is 12.8. The van der Waals surface area contributed by atoms with Crippen molar-refractivity contribution >= 4 is 40.8 Å². The number of rotatable bonds is 6. The Labute approximate surface area is 166 Å². The van der Waals surface area contributed by atoms with Crippen molar-refractivity contribution < 1.29 is 23.9 Å². The first-order valence-corrected chi connectivity index (χ1v) is 8.81. The molecule has 2 aromatic rings. The van der Waals surface area contributed by atoms with Gasteiger partial charge >= 0.3 is 5.97 Å². The van der Waals surface area contributed by atoms with Gasteiger partial charge in [-0.3, -0.25) is 9.59 Å². The molecule has 0 aliphatic carbocycles. The van der Waals surface area contributed by atoms with Crippen molar-refractivity contribution in [2.24, 2.45) is 0 Å². The topological polar surface area (TPSA) is 84.9 Å². The van der Waals surface area contributed by atoms with E-state index in [1.807, 2.05) is 6.92 Å². The molecule has 0 radical (unpaired) electrons. The number of benzene rings is 2. The third-order valence-electron chi connectivity index (χ3n) is 4.01. The number of ether oxygens (including phenoxy) is 2. The monoisotopic (exact) mass is 400 g/mol. The van der Waals surface area contributed by atoms with Crippen LogP contribution in [0.3, 0.4) is 0 Å². The van der Waals surface area contributed by atoms with Crippen LogP contribution in [0.1, 0.15) is 17.3 Å².